The van der Waals surface area contributed by atoms with Crippen LogP contribution in [0, 0.1) is 12.7 Å². The third-order valence-electron chi connectivity index (χ3n) is 6.03. The van der Waals surface area contributed by atoms with Gasteiger partial charge in [-0.15, -0.1) is 0 Å². The van der Waals surface area contributed by atoms with Gasteiger partial charge in [0.15, 0.2) is 0 Å². The minimum atomic E-state index is -0.227. The molecule has 0 N–H and O–H groups in total. The smallest absolute Gasteiger partial charge is 0.255 e. The van der Waals surface area contributed by atoms with E-state index in [-0.39, 0.29) is 22.8 Å². The molecule has 2 fully saturated rings. The Morgan fingerprint density at radius 3 is 2.78 bits per heavy atom. The van der Waals surface area contributed by atoms with Gasteiger partial charge in [0.05, 0.1) is 11.1 Å². The van der Waals surface area contributed by atoms with E-state index in [4.69, 9.17) is 0 Å². The molecule has 0 aliphatic carbocycles. The standard InChI is InChI=1S/C22H26FN3O/c1-16-10-17(13-24-12-16)20(27)25-9-5-8-22(25)14-21(2,3)26(15-22)19-7-4-6-18(23)11-19/h4,6-7,10-13H,5,8-9,14-15H2,1-3H3. The first-order valence-corrected chi connectivity index (χ1v) is 9.58. The van der Waals surface area contributed by atoms with Gasteiger partial charge in [-0.25, -0.2) is 4.39 Å². The van der Waals surface area contributed by atoms with Crippen LogP contribution < -0.4 is 4.90 Å². The highest BCUT2D eigenvalue weighted by Gasteiger charge is 2.54. The first-order valence-electron chi connectivity index (χ1n) is 9.58. The fourth-order valence-corrected chi connectivity index (χ4v) is 4.98. The first kappa shape index (κ1) is 18.0. The number of hydrogen-bond acceptors (Lipinski definition) is 3. The highest BCUT2D eigenvalue weighted by atomic mass is 19.1. The van der Waals surface area contributed by atoms with Crippen LogP contribution in [0.3, 0.4) is 0 Å². The van der Waals surface area contributed by atoms with Crippen LogP contribution in [0.4, 0.5) is 10.1 Å². The number of aromatic nitrogens is 1. The van der Waals surface area contributed by atoms with E-state index in [1.54, 1.807) is 24.5 Å². The van der Waals surface area contributed by atoms with E-state index >= 15 is 0 Å². The molecule has 4 rings (SSSR count). The Kier molecular flexibility index (Phi) is 4.21. The molecule has 1 atom stereocenters. The van der Waals surface area contributed by atoms with Gasteiger partial charge in [0.2, 0.25) is 0 Å². The normalized spacial score (nSPS) is 24.0. The van der Waals surface area contributed by atoms with Crippen LogP contribution in [-0.4, -0.2) is 40.0 Å². The summed E-state index contributed by atoms with van der Waals surface area (Å²) in [6.07, 6.45) is 6.28. The summed E-state index contributed by atoms with van der Waals surface area (Å²) in [5, 5.41) is 0. The molecule has 27 heavy (non-hydrogen) atoms. The zero-order valence-electron chi connectivity index (χ0n) is 16.2. The van der Waals surface area contributed by atoms with Gasteiger partial charge in [-0.1, -0.05) is 6.07 Å². The van der Waals surface area contributed by atoms with E-state index in [9.17, 15) is 9.18 Å². The van der Waals surface area contributed by atoms with Gasteiger partial charge in [0.1, 0.15) is 5.82 Å². The van der Waals surface area contributed by atoms with Gasteiger partial charge in [-0.2, -0.15) is 0 Å². The van der Waals surface area contributed by atoms with Crippen molar-refractivity contribution >= 4 is 11.6 Å². The van der Waals surface area contributed by atoms with E-state index in [0.717, 1.165) is 43.6 Å². The second-order valence-corrected chi connectivity index (χ2v) is 8.59. The van der Waals surface area contributed by atoms with Crippen molar-refractivity contribution in [3.05, 3.63) is 59.7 Å². The molecule has 1 unspecified atom stereocenters. The number of pyridine rings is 1. The fourth-order valence-electron chi connectivity index (χ4n) is 4.98. The molecule has 5 heteroatoms. The molecule has 2 aliphatic heterocycles. The van der Waals surface area contributed by atoms with E-state index in [0.29, 0.717) is 5.56 Å². The van der Waals surface area contributed by atoms with E-state index < -0.39 is 0 Å². The molecular weight excluding hydrogens is 341 g/mol. The molecule has 0 saturated carbocycles. The number of hydrogen-bond donors (Lipinski definition) is 0. The summed E-state index contributed by atoms with van der Waals surface area (Å²) in [4.78, 5) is 21.8. The Balaban J connectivity index is 1.67. The van der Waals surface area contributed by atoms with Crippen LogP contribution >= 0.6 is 0 Å². The lowest BCUT2D eigenvalue weighted by Crippen LogP contribution is -2.49. The summed E-state index contributed by atoms with van der Waals surface area (Å²) in [5.41, 5.74) is 2.16. The monoisotopic (exact) mass is 367 g/mol. The summed E-state index contributed by atoms with van der Waals surface area (Å²) in [6.45, 7) is 7.81. The summed E-state index contributed by atoms with van der Waals surface area (Å²) in [7, 11) is 0. The number of aryl methyl sites for hydroxylation is 1. The lowest BCUT2D eigenvalue weighted by Gasteiger charge is -2.35. The Morgan fingerprint density at radius 2 is 2.04 bits per heavy atom. The topological polar surface area (TPSA) is 36.4 Å². The second-order valence-electron chi connectivity index (χ2n) is 8.59. The van der Waals surface area contributed by atoms with Gasteiger partial charge in [0.25, 0.3) is 5.91 Å². The van der Waals surface area contributed by atoms with Crippen molar-refractivity contribution < 1.29 is 9.18 Å². The summed E-state index contributed by atoms with van der Waals surface area (Å²) < 4.78 is 13.8. The highest BCUT2D eigenvalue weighted by molar-refractivity contribution is 5.95. The Morgan fingerprint density at radius 1 is 1.22 bits per heavy atom. The number of nitrogens with zero attached hydrogens (tertiary/aromatic N) is 3. The number of anilines is 1. The fraction of sp³-hybridized carbons (Fsp3) is 0.455. The number of benzene rings is 1. The lowest BCUT2D eigenvalue weighted by molar-refractivity contribution is 0.0617. The van der Waals surface area contributed by atoms with Crippen molar-refractivity contribution in [1.82, 2.24) is 9.88 Å². The molecule has 1 amide bonds. The number of rotatable bonds is 2. The third-order valence-corrected chi connectivity index (χ3v) is 6.03. The number of amides is 1. The summed E-state index contributed by atoms with van der Waals surface area (Å²) in [5.74, 6) is -0.171. The lowest BCUT2D eigenvalue weighted by atomic mass is 9.87. The van der Waals surface area contributed by atoms with Gasteiger partial charge in [-0.05, 0) is 69.9 Å². The molecule has 2 aromatic rings. The van der Waals surface area contributed by atoms with Gasteiger partial charge < -0.3 is 9.80 Å². The molecule has 3 heterocycles. The minimum Gasteiger partial charge on any atom is -0.364 e. The molecule has 4 nitrogen and oxygen atoms in total. The van der Waals surface area contributed by atoms with E-state index in [1.165, 1.54) is 6.07 Å². The molecule has 2 saturated heterocycles. The predicted octanol–water partition coefficient (Wildman–Crippen LogP) is 4.19. The third kappa shape index (κ3) is 3.09. The molecule has 142 valence electrons. The summed E-state index contributed by atoms with van der Waals surface area (Å²) in [6, 6.07) is 8.67. The predicted molar refractivity (Wildman–Crippen MR) is 104 cm³/mol. The van der Waals surface area contributed by atoms with Crippen molar-refractivity contribution in [1.29, 1.82) is 0 Å². The quantitative estimate of drug-likeness (QED) is 0.798. The van der Waals surface area contributed by atoms with Gasteiger partial charge >= 0.3 is 0 Å². The van der Waals surface area contributed by atoms with Crippen LogP contribution in [0.5, 0.6) is 0 Å². The molecule has 0 bridgehead atoms. The van der Waals surface area contributed by atoms with Crippen LogP contribution in [0.25, 0.3) is 0 Å². The average Bonchev–Trinajstić information content (AvgIpc) is 3.14. The van der Waals surface area contributed by atoms with Crippen molar-refractivity contribution in [2.45, 2.75) is 51.1 Å². The maximum Gasteiger partial charge on any atom is 0.255 e. The zero-order chi connectivity index (χ0) is 19.2. The minimum absolute atomic E-state index is 0.0561. The highest BCUT2D eigenvalue weighted by Crippen LogP contribution is 2.47. The average molecular weight is 367 g/mol. The van der Waals surface area contributed by atoms with Gasteiger partial charge in [-0.3, -0.25) is 9.78 Å². The molecule has 1 aromatic heterocycles. The number of halogens is 1. The van der Waals surface area contributed by atoms with Crippen LogP contribution in [0.2, 0.25) is 0 Å². The first-order chi connectivity index (χ1) is 12.8. The molecule has 2 aliphatic rings. The van der Waals surface area contributed by atoms with E-state index in [2.05, 4.69) is 23.7 Å². The Hall–Kier alpha value is -2.43. The number of carbonyl (C=O) groups excluding carboxylic acids is 1. The van der Waals surface area contributed by atoms with Crippen molar-refractivity contribution in [3.8, 4) is 0 Å². The maximum atomic E-state index is 13.8. The van der Waals surface area contributed by atoms with Crippen LogP contribution in [0.1, 0.15) is 49.0 Å². The number of likely N-dealkylation sites (tertiary alicyclic amines) is 1. The van der Waals surface area contributed by atoms with Crippen molar-refractivity contribution in [3.63, 3.8) is 0 Å². The van der Waals surface area contributed by atoms with Crippen molar-refractivity contribution in [2.75, 3.05) is 18.0 Å². The molecule has 1 aromatic carbocycles. The van der Waals surface area contributed by atoms with E-state index in [1.807, 2.05) is 24.0 Å². The van der Waals surface area contributed by atoms with Crippen LogP contribution in [0.15, 0.2) is 42.7 Å². The zero-order valence-corrected chi connectivity index (χ0v) is 16.2. The molecule has 0 radical (unpaired) electrons. The Bertz CT molecular complexity index is 881. The second kappa shape index (κ2) is 6.32. The summed E-state index contributed by atoms with van der Waals surface area (Å²) >= 11 is 0. The molecular formula is C22H26FN3O. The largest absolute Gasteiger partial charge is 0.364 e. The van der Waals surface area contributed by atoms with Crippen molar-refractivity contribution in [2.24, 2.45) is 0 Å². The number of carbonyl (C=O) groups is 1. The van der Waals surface area contributed by atoms with Crippen LogP contribution in [-0.2, 0) is 0 Å². The van der Waals surface area contributed by atoms with Gasteiger partial charge in [0, 0.05) is 36.7 Å². The Labute approximate surface area is 160 Å². The SMILES string of the molecule is Cc1cncc(C(=O)N2CCCC23CN(c2cccc(F)c2)C(C)(C)C3)c1. The molecule has 1 spiro atoms. The maximum absolute atomic E-state index is 13.8.